The van der Waals surface area contributed by atoms with E-state index >= 15 is 0 Å². The van der Waals surface area contributed by atoms with Crippen molar-refractivity contribution < 1.29 is 9.59 Å². The third-order valence-corrected chi connectivity index (χ3v) is 5.66. The van der Waals surface area contributed by atoms with Gasteiger partial charge in [-0.1, -0.05) is 106 Å². The standard InChI is InChI=1S/C27H36O2/c28-22-26-18-14-24(15-19-26)12-10-8-6-4-2-1-3-5-7-9-11-13-25-16-20-27(23-29)21-17-25/h14-23H,1-13H2. The summed E-state index contributed by atoms with van der Waals surface area (Å²) in [4.78, 5) is 21.3. The number of unbranched alkanes of at least 4 members (excludes halogenated alkanes) is 10. The maximum absolute atomic E-state index is 10.7. The second kappa shape index (κ2) is 14.7. The van der Waals surface area contributed by atoms with Crippen molar-refractivity contribution in [1.29, 1.82) is 0 Å². The molecule has 2 nitrogen and oxygen atoms in total. The smallest absolute Gasteiger partial charge is 0.150 e. The van der Waals surface area contributed by atoms with Crippen LogP contribution in [0.2, 0.25) is 0 Å². The van der Waals surface area contributed by atoms with Crippen LogP contribution in [0.4, 0.5) is 0 Å². The summed E-state index contributed by atoms with van der Waals surface area (Å²) in [5.74, 6) is 0. The van der Waals surface area contributed by atoms with Crippen molar-refractivity contribution in [1.82, 2.24) is 0 Å². The van der Waals surface area contributed by atoms with Gasteiger partial charge in [0.05, 0.1) is 0 Å². The lowest BCUT2D eigenvalue weighted by atomic mass is 10.0. The maximum Gasteiger partial charge on any atom is 0.150 e. The monoisotopic (exact) mass is 392 g/mol. The highest BCUT2D eigenvalue weighted by molar-refractivity contribution is 5.75. The van der Waals surface area contributed by atoms with Gasteiger partial charge in [-0.3, -0.25) is 9.59 Å². The van der Waals surface area contributed by atoms with Crippen LogP contribution in [-0.4, -0.2) is 12.6 Å². The van der Waals surface area contributed by atoms with Crippen LogP contribution in [0.25, 0.3) is 0 Å². The van der Waals surface area contributed by atoms with E-state index in [4.69, 9.17) is 0 Å². The minimum absolute atomic E-state index is 0.763. The zero-order valence-corrected chi connectivity index (χ0v) is 17.8. The molecule has 0 bridgehead atoms. The first kappa shape index (κ1) is 23.1. The molecule has 0 aliphatic heterocycles. The van der Waals surface area contributed by atoms with E-state index in [0.29, 0.717) is 0 Å². The molecule has 0 amide bonds. The molecule has 0 spiro atoms. The first-order valence-corrected chi connectivity index (χ1v) is 11.4. The lowest BCUT2D eigenvalue weighted by Crippen LogP contribution is -1.88. The Morgan fingerprint density at radius 2 is 0.690 bits per heavy atom. The Balaban J connectivity index is 1.35. The number of carbonyl (C=O) groups is 2. The highest BCUT2D eigenvalue weighted by Gasteiger charge is 1.97. The predicted octanol–water partition coefficient (Wildman–Crippen LogP) is 7.39. The Bertz CT molecular complexity index is 624. The van der Waals surface area contributed by atoms with Crippen LogP contribution in [0.1, 0.15) is 102 Å². The van der Waals surface area contributed by atoms with Crippen molar-refractivity contribution >= 4 is 12.6 Å². The molecule has 0 radical (unpaired) electrons. The van der Waals surface area contributed by atoms with E-state index in [1.165, 1.54) is 81.8 Å². The lowest BCUT2D eigenvalue weighted by Gasteiger charge is -2.04. The number of hydrogen-bond acceptors (Lipinski definition) is 2. The Hall–Kier alpha value is -2.22. The second-order valence-electron chi connectivity index (χ2n) is 8.11. The number of hydrogen-bond donors (Lipinski definition) is 0. The fourth-order valence-electron chi connectivity index (χ4n) is 3.77. The molecule has 0 N–H and O–H groups in total. The molecule has 29 heavy (non-hydrogen) atoms. The minimum atomic E-state index is 0.763. The van der Waals surface area contributed by atoms with E-state index in [2.05, 4.69) is 24.3 Å². The summed E-state index contributed by atoms with van der Waals surface area (Å²) < 4.78 is 0. The molecule has 0 aliphatic carbocycles. The summed E-state index contributed by atoms with van der Waals surface area (Å²) in [7, 11) is 0. The van der Waals surface area contributed by atoms with Gasteiger partial charge >= 0.3 is 0 Å². The molecule has 156 valence electrons. The molecule has 0 fully saturated rings. The van der Waals surface area contributed by atoms with Gasteiger partial charge in [0.2, 0.25) is 0 Å². The van der Waals surface area contributed by atoms with Crippen LogP contribution >= 0.6 is 0 Å². The highest BCUT2D eigenvalue weighted by Crippen LogP contribution is 2.14. The molecular formula is C27H36O2. The summed E-state index contributed by atoms with van der Waals surface area (Å²) in [6.45, 7) is 0. The molecule has 0 aromatic heterocycles. The number of rotatable bonds is 16. The summed E-state index contributed by atoms with van der Waals surface area (Å²) in [6.07, 6.45) is 18.7. The van der Waals surface area contributed by atoms with Crippen LogP contribution in [0.3, 0.4) is 0 Å². The number of benzene rings is 2. The average Bonchev–Trinajstić information content (AvgIpc) is 2.77. The fourth-order valence-corrected chi connectivity index (χ4v) is 3.77. The maximum atomic E-state index is 10.7. The number of aryl methyl sites for hydroxylation is 2. The molecule has 2 aromatic carbocycles. The van der Waals surface area contributed by atoms with Crippen LogP contribution in [0.5, 0.6) is 0 Å². The van der Waals surface area contributed by atoms with Gasteiger partial charge in [-0.2, -0.15) is 0 Å². The fraction of sp³-hybridized carbons (Fsp3) is 0.481. The van der Waals surface area contributed by atoms with E-state index in [1.54, 1.807) is 0 Å². The molecule has 0 atom stereocenters. The first-order chi connectivity index (χ1) is 14.3. The molecule has 2 heteroatoms. The first-order valence-electron chi connectivity index (χ1n) is 11.4. The van der Waals surface area contributed by atoms with Gasteiger partial charge in [-0.05, 0) is 36.8 Å². The van der Waals surface area contributed by atoms with Crippen molar-refractivity contribution in [2.45, 2.75) is 83.5 Å². The number of aldehydes is 2. The second-order valence-corrected chi connectivity index (χ2v) is 8.11. The predicted molar refractivity (Wildman–Crippen MR) is 122 cm³/mol. The van der Waals surface area contributed by atoms with Gasteiger partial charge in [-0.15, -0.1) is 0 Å². The molecule has 0 unspecified atom stereocenters. The molecule has 2 rings (SSSR count). The van der Waals surface area contributed by atoms with Crippen LogP contribution in [-0.2, 0) is 12.8 Å². The van der Waals surface area contributed by atoms with Crippen molar-refractivity contribution in [3.63, 3.8) is 0 Å². The largest absolute Gasteiger partial charge is 0.298 e. The molecule has 0 heterocycles. The van der Waals surface area contributed by atoms with Gasteiger partial charge in [-0.25, -0.2) is 0 Å². The van der Waals surface area contributed by atoms with Gasteiger partial charge in [0, 0.05) is 11.1 Å². The van der Waals surface area contributed by atoms with Gasteiger partial charge < -0.3 is 0 Å². The van der Waals surface area contributed by atoms with Crippen LogP contribution in [0, 0.1) is 0 Å². The highest BCUT2D eigenvalue weighted by atomic mass is 16.1. The average molecular weight is 393 g/mol. The Kier molecular flexibility index (Phi) is 11.7. The Morgan fingerprint density at radius 3 is 0.966 bits per heavy atom. The zero-order chi connectivity index (χ0) is 20.6. The van der Waals surface area contributed by atoms with E-state index in [1.807, 2.05) is 24.3 Å². The Morgan fingerprint density at radius 1 is 0.414 bits per heavy atom. The van der Waals surface area contributed by atoms with Gasteiger partial charge in [0.1, 0.15) is 12.6 Å². The molecule has 0 aliphatic rings. The van der Waals surface area contributed by atoms with E-state index in [-0.39, 0.29) is 0 Å². The van der Waals surface area contributed by atoms with Crippen molar-refractivity contribution in [3.8, 4) is 0 Å². The van der Waals surface area contributed by atoms with Crippen molar-refractivity contribution in [2.24, 2.45) is 0 Å². The number of carbonyl (C=O) groups excluding carboxylic acids is 2. The summed E-state index contributed by atoms with van der Waals surface area (Å²) >= 11 is 0. The molecular weight excluding hydrogens is 356 g/mol. The zero-order valence-electron chi connectivity index (χ0n) is 17.8. The van der Waals surface area contributed by atoms with E-state index in [9.17, 15) is 9.59 Å². The molecule has 0 saturated heterocycles. The van der Waals surface area contributed by atoms with Gasteiger partial charge in [0.15, 0.2) is 0 Å². The summed E-state index contributed by atoms with van der Waals surface area (Å²) in [5.41, 5.74) is 4.21. The molecule has 0 saturated carbocycles. The topological polar surface area (TPSA) is 34.1 Å². The van der Waals surface area contributed by atoms with Crippen LogP contribution in [0.15, 0.2) is 48.5 Å². The van der Waals surface area contributed by atoms with E-state index < -0.39 is 0 Å². The van der Waals surface area contributed by atoms with E-state index in [0.717, 1.165) is 36.5 Å². The van der Waals surface area contributed by atoms with Crippen LogP contribution < -0.4 is 0 Å². The van der Waals surface area contributed by atoms with Crippen molar-refractivity contribution in [2.75, 3.05) is 0 Å². The summed E-state index contributed by atoms with van der Waals surface area (Å²) in [5, 5.41) is 0. The van der Waals surface area contributed by atoms with Crippen molar-refractivity contribution in [3.05, 3.63) is 70.8 Å². The quantitative estimate of drug-likeness (QED) is 0.220. The van der Waals surface area contributed by atoms with Gasteiger partial charge in [0.25, 0.3) is 0 Å². The Labute approximate surface area is 176 Å². The lowest BCUT2D eigenvalue weighted by molar-refractivity contribution is 0.111. The minimum Gasteiger partial charge on any atom is -0.298 e. The third kappa shape index (κ3) is 10.2. The third-order valence-electron chi connectivity index (χ3n) is 5.66. The molecule has 2 aromatic rings. The normalized spacial score (nSPS) is 10.8. The summed E-state index contributed by atoms with van der Waals surface area (Å²) in [6, 6.07) is 16.0. The SMILES string of the molecule is O=Cc1ccc(CCCCCCCCCCCCCc2ccc(C=O)cc2)cc1.